The van der Waals surface area contributed by atoms with E-state index in [1.54, 1.807) is 12.3 Å². The molecule has 0 amide bonds. The lowest BCUT2D eigenvalue weighted by Gasteiger charge is -2.09. The molecule has 0 fully saturated rings. The number of ether oxygens (including phenoxy) is 1. The number of carbonyl (C=O) groups excluding carboxylic acids is 1. The number of ketones is 1. The standard InChI is InChI=1S/C20H16FN5O2/c1-12-3-4-15(25-13(12)2)6-19(27)18-7-17(10-26-20(18)23-11-24-26)28-16-5-14(21)8-22-9-16/h3-5,7-11H,6H2,1-2H3. The van der Waals surface area contributed by atoms with Gasteiger partial charge in [0.05, 0.1) is 30.6 Å². The molecule has 140 valence electrons. The first-order chi connectivity index (χ1) is 13.5. The first-order valence-electron chi connectivity index (χ1n) is 8.58. The van der Waals surface area contributed by atoms with E-state index in [4.69, 9.17) is 4.74 Å². The first-order valence-corrected chi connectivity index (χ1v) is 8.58. The molecule has 0 atom stereocenters. The number of halogens is 1. The van der Waals surface area contributed by atoms with Crippen LogP contribution in [0.2, 0.25) is 0 Å². The molecule has 28 heavy (non-hydrogen) atoms. The van der Waals surface area contributed by atoms with E-state index in [2.05, 4.69) is 20.1 Å². The molecule has 4 heterocycles. The molecule has 0 N–H and O–H groups in total. The van der Waals surface area contributed by atoms with Gasteiger partial charge in [-0.15, -0.1) is 0 Å². The minimum absolute atomic E-state index is 0.120. The molecule has 0 aliphatic carbocycles. The van der Waals surface area contributed by atoms with Gasteiger partial charge in [-0.3, -0.25) is 14.8 Å². The van der Waals surface area contributed by atoms with Crippen LogP contribution < -0.4 is 4.74 Å². The van der Waals surface area contributed by atoms with E-state index in [0.29, 0.717) is 22.7 Å². The quantitative estimate of drug-likeness (QED) is 0.495. The van der Waals surface area contributed by atoms with Crippen molar-refractivity contribution >= 4 is 11.4 Å². The molecule has 0 aromatic carbocycles. The van der Waals surface area contributed by atoms with E-state index in [1.165, 1.54) is 23.1 Å². The second-order valence-electron chi connectivity index (χ2n) is 6.36. The largest absolute Gasteiger partial charge is 0.454 e. The molecule has 0 unspecified atom stereocenters. The average molecular weight is 377 g/mol. The van der Waals surface area contributed by atoms with Gasteiger partial charge in [-0.1, -0.05) is 6.07 Å². The SMILES string of the molecule is Cc1ccc(CC(=O)c2cc(Oc3cncc(F)c3)cn3ncnc23)nc1C. The summed E-state index contributed by atoms with van der Waals surface area (Å²) < 4.78 is 20.5. The summed E-state index contributed by atoms with van der Waals surface area (Å²) in [6.07, 6.45) is 5.51. The second kappa shape index (κ2) is 7.15. The van der Waals surface area contributed by atoms with Crippen molar-refractivity contribution in [2.24, 2.45) is 0 Å². The number of pyridine rings is 3. The zero-order chi connectivity index (χ0) is 19.7. The molecule has 8 heteroatoms. The predicted octanol–water partition coefficient (Wildman–Crippen LogP) is 3.49. The van der Waals surface area contributed by atoms with Crippen molar-refractivity contribution in [3.8, 4) is 11.5 Å². The zero-order valence-corrected chi connectivity index (χ0v) is 15.3. The maximum Gasteiger partial charge on any atom is 0.172 e. The summed E-state index contributed by atoms with van der Waals surface area (Å²) in [4.78, 5) is 25.3. The maximum atomic E-state index is 13.4. The highest BCUT2D eigenvalue weighted by molar-refractivity contribution is 6.02. The number of aryl methyl sites for hydroxylation is 2. The maximum absolute atomic E-state index is 13.4. The van der Waals surface area contributed by atoms with Crippen molar-refractivity contribution in [3.63, 3.8) is 0 Å². The van der Waals surface area contributed by atoms with Gasteiger partial charge in [0.15, 0.2) is 11.4 Å². The smallest absolute Gasteiger partial charge is 0.172 e. The van der Waals surface area contributed by atoms with E-state index in [9.17, 15) is 9.18 Å². The zero-order valence-electron chi connectivity index (χ0n) is 15.3. The van der Waals surface area contributed by atoms with E-state index in [1.807, 2.05) is 26.0 Å². The molecule has 0 aliphatic heterocycles. The topological polar surface area (TPSA) is 82.3 Å². The van der Waals surface area contributed by atoms with Crippen LogP contribution in [0.15, 0.2) is 49.2 Å². The van der Waals surface area contributed by atoms with Crippen molar-refractivity contribution < 1.29 is 13.9 Å². The fraction of sp³-hybridized carbons (Fsp3) is 0.150. The van der Waals surface area contributed by atoms with Crippen LogP contribution in [-0.4, -0.2) is 30.3 Å². The Balaban J connectivity index is 1.68. The molecule has 4 aromatic heterocycles. The van der Waals surface area contributed by atoms with Crippen LogP contribution in [-0.2, 0) is 6.42 Å². The Morgan fingerprint density at radius 2 is 2.04 bits per heavy atom. The third-order valence-corrected chi connectivity index (χ3v) is 4.32. The summed E-state index contributed by atoms with van der Waals surface area (Å²) in [6.45, 7) is 3.87. The molecule has 0 spiro atoms. The number of carbonyl (C=O) groups is 1. The fourth-order valence-electron chi connectivity index (χ4n) is 2.79. The van der Waals surface area contributed by atoms with Gasteiger partial charge < -0.3 is 4.74 Å². The Hall–Kier alpha value is -3.68. The Morgan fingerprint density at radius 1 is 1.18 bits per heavy atom. The van der Waals surface area contributed by atoms with Gasteiger partial charge in [0.25, 0.3) is 0 Å². The Kier molecular flexibility index (Phi) is 4.52. The molecular formula is C20H16FN5O2. The molecule has 0 bridgehead atoms. The van der Waals surface area contributed by atoms with Crippen molar-refractivity contribution in [1.29, 1.82) is 0 Å². The molecular weight excluding hydrogens is 361 g/mol. The third kappa shape index (κ3) is 3.57. The van der Waals surface area contributed by atoms with E-state index < -0.39 is 5.82 Å². The molecule has 7 nitrogen and oxygen atoms in total. The number of hydrogen-bond donors (Lipinski definition) is 0. The summed E-state index contributed by atoms with van der Waals surface area (Å²) >= 11 is 0. The van der Waals surface area contributed by atoms with Crippen molar-refractivity contribution in [2.45, 2.75) is 20.3 Å². The van der Waals surface area contributed by atoms with E-state index in [0.717, 1.165) is 17.5 Å². The number of fused-ring (bicyclic) bond motifs is 1. The normalized spacial score (nSPS) is 11.0. The van der Waals surface area contributed by atoms with Crippen LogP contribution in [0.3, 0.4) is 0 Å². The van der Waals surface area contributed by atoms with Gasteiger partial charge in [0, 0.05) is 17.5 Å². The number of nitrogens with zero attached hydrogens (tertiary/aromatic N) is 5. The van der Waals surface area contributed by atoms with E-state index >= 15 is 0 Å². The van der Waals surface area contributed by atoms with Crippen LogP contribution in [0.4, 0.5) is 4.39 Å². The van der Waals surface area contributed by atoms with Gasteiger partial charge in [0.1, 0.15) is 23.6 Å². The average Bonchev–Trinajstić information content (AvgIpc) is 3.12. The number of Topliss-reactive ketones (excluding diaryl/α,β-unsaturated/α-hetero) is 1. The molecule has 4 rings (SSSR count). The number of rotatable bonds is 5. The molecule has 0 aliphatic rings. The highest BCUT2D eigenvalue weighted by Crippen LogP contribution is 2.24. The monoisotopic (exact) mass is 377 g/mol. The predicted molar refractivity (Wildman–Crippen MR) is 99.0 cm³/mol. The van der Waals surface area contributed by atoms with Crippen LogP contribution in [0.25, 0.3) is 5.65 Å². The van der Waals surface area contributed by atoms with Crippen LogP contribution in [0.1, 0.15) is 27.3 Å². The van der Waals surface area contributed by atoms with Crippen LogP contribution >= 0.6 is 0 Å². The molecule has 0 radical (unpaired) electrons. The van der Waals surface area contributed by atoms with Crippen LogP contribution in [0.5, 0.6) is 11.5 Å². The fourth-order valence-corrected chi connectivity index (χ4v) is 2.79. The van der Waals surface area contributed by atoms with Gasteiger partial charge in [-0.2, -0.15) is 5.10 Å². The second-order valence-corrected chi connectivity index (χ2v) is 6.36. The third-order valence-electron chi connectivity index (χ3n) is 4.32. The highest BCUT2D eigenvalue weighted by atomic mass is 19.1. The lowest BCUT2D eigenvalue weighted by Crippen LogP contribution is -2.09. The van der Waals surface area contributed by atoms with Gasteiger partial charge in [-0.05, 0) is 31.5 Å². The first kappa shape index (κ1) is 17.7. The minimum Gasteiger partial charge on any atom is -0.454 e. The van der Waals surface area contributed by atoms with Gasteiger partial charge in [0.2, 0.25) is 0 Å². The lowest BCUT2D eigenvalue weighted by molar-refractivity contribution is 0.0992. The molecule has 0 saturated heterocycles. The Labute approximate surface area is 159 Å². The number of aromatic nitrogens is 5. The molecule has 4 aromatic rings. The van der Waals surface area contributed by atoms with Crippen molar-refractivity contribution in [1.82, 2.24) is 24.6 Å². The summed E-state index contributed by atoms with van der Waals surface area (Å²) in [7, 11) is 0. The van der Waals surface area contributed by atoms with Gasteiger partial charge >= 0.3 is 0 Å². The minimum atomic E-state index is -0.517. The van der Waals surface area contributed by atoms with Crippen molar-refractivity contribution in [2.75, 3.05) is 0 Å². The summed E-state index contributed by atoms with van der Waals surface area (Å²) in [6, 6.07) is 6.55. The number of hydrogen-bond acceptors (Lipinski definition) is 6. The van der Waals surface area contributed by atoms with Gasteiger partial charge in [-0.25, -0.2) is 13.9 Å². The van der Waals surface area contributed by atoms with E-state index in [-0.39, 0.29) is 18.0 Å². The summed E-state index contributed by atoms with van der Waals surface area (Å²) in [5.41, 5.74) is 3.38. The highest BCUT2D eigenvalue weighted by Gasteiger charge is 2.17. The summed E-state index contributed by atoms with van der Waals surface area (Å²) in [5.74, 6) is -0.150. The lowest BCUT2D eigenvalue weighted by atomic mass is 10.1. The Bertz CT molecular complexity index is 1190. The molecule has 0 saturated carbocycles. The van der Waals surface area contributed by atoms with Crippen molar-refractivity contribution in [3.05, 3.63) is 77.5 Å². The van der Waals surface area contributed by atoms with Crippen LogP contribution in [0, 0.1) is 19.7 Å². The summed E-state index contributed by atoms with van der Waals surface area (Å²) in [5, 5.41) is 4.08. The Morgan fingerprint density at radius 3 is 2.82 bits per heavy atom.